The van der Waals surface area contributed by atoms with Crippen molar-refractivity contribution >= 4 is 33.5 Å². The fourth-order valence-electron chi connectivity index (χ4n) is 2.43. The molecule has 0 saturated carbocycles. The van der Waals surface area contributed by atoms with Gasteiger partial charge in [0.2, 0.25) is 5.78 Å². The number of nitro groups is 1. The van der Waals surface area contributed by atoms with Gasteiger partial charge in [-0.3, -0.25) is 14.9 Å². The Bertz CT molecular complexity index is 1110. The number of Topliss-reactive ketones (excluding diaryl/α,β-unsaturated/α-hetero) is 1. The van der Waals surface area contributed by atoms with Crippen molar-refractivity contribution in [2.24, 2.45) is 0 Å². The van der Waals surface area contributed by atoms with E-state index in [0.717, 1.165) is 16.1 Å². The second-order valence-electron chi connectivity index (χ2n) is 5.52. The monoisotopic (exact) mass is 422 g/mol. The van der Waals surface area contributed by atoms with E-state index in [1.54, 1.807) is 12.1 Å². The van der Waals surface area contributed by atoms with Crippen LogP contribution < -0.4 is 0 Å². The van der Waals surface area contributed by atoms with E-state index in [-0.39, 0.29) is 16.8 Å². The molecule has 1 aromatic heterocycles. The maximum atomic E-state index is 12.5. The molecule has 0 radical (unpaired) electrons. The summed E-state index contributed by atoms with van der Waals surface area (Å²) in [4.78, 5) is 22.8. The molecule has 0 bridgehead atoms. The van der Waals surface area contributed by atoms with E-state index in [2.05, 4.69) is 15.9 Å². The number of halogens is 1. The van der Waals surface area contributed by atoms with E-state index in [4.69, 9.17) is 4.42 Å². The summed E-state index contributed by atoms with van der Waals surface area (Å²) >= 11 is 3.39. The zero-order valence-electron chi connectivity index (χ0n) is 13.8. The molecule has 0 aliphatic rings. The molecular weight excluding hydrogens is 412 g/mol. The molecule has 0 saturated heterocycles. The summed E-state index contributed by atoms with van der Waals surface area (Å²) in [6.07, 6.45) is 1.32. The fourth-order valence-corrected chi connectivity index (χ4v) is 2.83. The number of furan rings is 1. The van der Waals surface area contributed by atoms with E-state index in [9.17, 15) is 20.2 Å². The Morgan fingerprint density at radius 1 is 1.15 bits per heavy atom. The third-order valence-electron chi connectivity index (χ3n) is 3.71. The summed E-state index contributed by atoms with van der Waals surface area (Å²) in [5.41, 5.74) is 0.516. The third-order valence-corrected chi connectivity index (χ3v) is 4.20. The molecule has 6 nitrogen and oxygen atoms in total. The van der Waals surface area contributed by atoms with Crippen LogP contribution in [0.3, 0.4) is 0 Å². The van der Waals surface area contributed by atoms with E-state index in [1.165, 1.54) is 24.3 Å². The van der Waals surface area contributed by atoms with Crippen LogP contribution in [-0.4, -0.2) is 10.7 Å². The van der Waals surface area contributed by atoms with E-state index >= 15 is 0 Å². The molecule has 0 fully saturated rings. The number of nitriles is 1. The molecule has 3 rings (SSSR count). The van der Waals surface area contributed by atoms with Crippen molar-refractivity contribution < 1.29 is 14.1 Å². The first-order valence-corrected chi connectivity index (χ1v) is 8.54. The van der Waals surface area contributed by atoms with Gasteiger partial charge in [-0.15, -0.1) is 0 Å². The zero-order chi connectivity index (χ0) is 19.4. The van der Waals surface area contributed by atoms with Gasteiger partial charge < -0.3 is 4.42 Å². The average Bonchev–Trinajstić information content (AvgIpc) is 3.14. The predicted molar refractivity (Wildman–Crippen MR) is 103 cm³/mol. The first-order valence-electron chi connectivity index (χ1n) is 7.74. The molecule has 0 spiro atoms. The Hall–Kier alpha value is -3.50. The van der Waals surface area contributed by atoms with Crippen molar-refractivity contribution in [1.29, 1.82) is 5.26 Å². The summed E-state index contributed by atoms with van der Waals surface area (Å²) in [5.74, 6) is 0.310. The van der Waals surface area contributed by atoms with Crippen LogP contribution in [0, 0.1) is 21.4 Å². The molecule has 0 atom stereocenters. The lowest BCUT2D eigenvalue weighted by Gasteiger charge is -2.00. The Labute approximate surface area is 162 Å². The van der Waals surface area contributed by atoms with Gasteiger partial charge >= 0.3 is 0 Å². The van der Waals surface area contributed by atoms with Crippen LogP contribution in [0.15, 0.2) is 75.1 Å². The standard InChI is InChI=1S/C20H11BrN2O4/c21-16-5-1-3-13(9-16)19-8-7-18(27-19)11-15(12-22)20(24)14-4-2-6-17(10-14)23(25)26/h1-11H. The first-order chi connectivity index (χ1) is 13.0. The van der Waals surface area contributed by atoms with Gasteiger partial charge in [0, 0.05) is 33.8 Å². The van der Waals surface area contributed by atoms with Crippen LogP contribution in [0.4, 0.5) is 5.69 Å². The number of nitro benzene ring substituents is 1. The second kappa shape index (κ2) is 7.81. The van der Waals surface area contributed by atoms with Gasteiger partial charge in [-0.2, -0.15) is 5.26 Å². The maximum Gasteiger partial charge on any atom is 0.270 e. The van der Waals surface area contributed by atoms with Gasteiger partial charge in [0.15, 0.2) is 0 Å². The van der Waals surface area contributed by atoms with Gasteiger partial charge in [-0.1, -0.05) is 40.2 Å². The summed E-state index contributed by atoms with van der Waals surface area (Å²) in [7, 11) is 0. The normalized spacial score (nSPS) is 11.0. The lowest BCUT2D eigenvalue weighted by atomic mass is 10.0. The van der Waals surface area contributed by atoms with Crippen LogP contribution in [0.5, 0.6) is 0 Å². The summed E-state index contributed by atoms with van der Waals surface area (Å²) in [5, 5.41) is 20.2. The average molecular weight is 423 g/mol. The van der Waals surface area contributed by atoms with E-state index < -0.39 is 10.7 Å². The van der Waals surface area contributed by atoms with Crippen molar-refractivity contribution in [3.8, 4) is 17.4 Å². The van der Waals surface area contributed by atoms with Crippen molar-refractivity contribution in [3.63, 3.8) is 0 Å². The van der Waals surface area contributed by atoms with Crippen molar-refractivity contribution in [3.05, 3.63) is 92.1 Å². The number of hydrogen-bond donors (Lipinski definition) is 0. The van der Waals surface area contributed by atoms with Gasteiger partial charge in [-0.25, -0.2) is 0 Å². The summed E-state index contributed by atoms with van der Waals surface area (Å²) < 4.78 is 6.59. The predicted octanol–water partition coefficient (Wildman–Crippen LogP) is 5.41. The van der Waals surface area contributed by atoms with E-state index in [0.29, 0.717) is 11.5 Å². The summed E-state index contributed by atoms with van der Waals surface area (Å²) in [6, 6.07) is 18.0. The number of hydrogen-bond acceptors (Lipinski definition) is 5. The topological polar surface area (TPSA) is 97.1 Å². The highest BCUT2D eigenvalue weighted by atomic mass is 79.9. The molecule has 0 aliphatic carbocycles. The number of rotatable bonds is 5. The molecule has 132 valence electrons. The zero-order valence-corrected chi connectivity index (χ0v) is 15.3. The van der Waals surface area contributed by atoms with Gasteiger partial charge in [0.1, 0.15) is 23.2 Å². The number of carbonyl (C=O) groups is 1. The number of carbonyl (C=O) groups excluding carboxylic acids is 1. The van der Waals surface area contributed by atoms with Gasteiger partial charge in [0.25, 0.3) is 5.69 Å². The number of nitrogens with zero attached hydrogens (tertiary/aromatic N) is 2. The van der Waals surface area contributed by atoms with Crippen LogP contribution >= 0.6 is 15.9 Å². The van der Waals surface area contributed by atoms with Gasteiger partial charge in [-0.05, 0) is 24.3 Å². The number of non-ortho nitro benzene ring substituents is 1. The van der Waals surface area contributed by atoms with Gasteiger partial charge in [0.05, 0.1) is 4.92 Å². The largest absolute Gasteiger partial charge is 0.457 e. The van der Waals surface area contributed by atoms with Crippen molar-refractivity contribution in [2.45, 2.75) is 0 Å². The lowest BCUT2D eigenvalue weighted by Crippen LogP contribution is -2.02. The Morgan fingerprint density at radius 2 is 1.93 bits per heavy atom. The van der Waals surface area contributed by atoms with Crippen LogP contribution in [0.25, 0.3) is 17.4 Å². The molecule has 0 N–H and O–H groups in total. The maximum absolute atomic E-state index is 12.5. The molecule has 0 amide bonds. The number of allylic oxidation sites excluding steroid dienone is 1. The molecule has 7 heteroatoms. The van der Waals surface area contributed by atoms with Crippen LogP contribution in [0.1, 0.15) is 16.1 Å². The second-order valence-corrected chi connectivity index (χ2v) is 6.43. The lowest BCUT2D eigenvalue weighted by molar-refractivity contribution is -0.384. The van der Waals surface area contributed by atoms with Crippen molar-refractivity contribution in [1.82, 2.24) is 0 Å². The highest BCUT2D eigenvalue weighted by molar-refractivity contribution is 9.10. The molecule has 0 aliphatic heterocycles. The van der Waals surface area contributed by atoms with E-state index in [1.807, 2.05) is 30.3 Å². The molecule has 2 aromatic carbocycles. The minimum Gasteiger partial charge on any atom is -0.457 e. The number of ketones is 1. The first kappa shape index (κ1) is 18.3. The third kappa shape index (κ3) is 4.19. The Balaban J connectivity index is 1.91. The molecule has 0 unspecified atom stereocenters. The SMILES string of the molecule is N#CC(=Cc1ccc(-c2cccc(Br)c2)o1)C(=O)c1cccc([N+](=O)[O-])c1. The Kier molecular flexibility index (Phi) is 5.29. The van der Waals surface area contributed by atoms with Crippen molar-refractivity contribution in [2.75, 3.05) is 0 Å². The Morgan fingerprint density at radius 3 is 2.63 bits per heavy atom. The quantitative estimate of drug-likeness (QED) is 0.180. The highest BCUT2D eigenvalue weighted by Crippen LogP contribution is 2.26. The fraction of sp³-hybridized carbons (Fsp3) is 0. The smallest absolute Gasteiger partial charge is 0.270 e. The number of benzene rings is 2. The minimum absolute atomic E-state index is 0.0655. The summed E-state index contributed by atoms with van der Waals surface area (Å²) in [6.45, 7) is 0. The minimum atomic E-state index is -0.610. The molecular formula is C20H11BrN2O4. The molecule has 3 aromatic rings. The van der Waals surface area contributed by atoms with Crippen LogP contribution in [-0.2, 0) is 0 Å². The highest BCUT2D eigenvalue weighted by Gasteiger charge is 2.16. The molecule has 1 heterocycles. The molecule has 27 heavy (non-hydrogen) atoms. The van der Waals surface area contributed by atoms with Crippen LogP contribution in [0.2, 0.25) is 0 Å².